The Morgan fingerprint density at radius 2 is 2.03 bits per heavy atom. The first-order valence-corrected chi connectivity index (χ1v) is 9.32. The largest absolute Gasteiger partial charge is 0.461 e. The van der Waals surface area contributed by atoms with Crippen molar-refractivity contribution in [1.82, 2.24) is 20.6 Å². The zero-order valence-electron chi connectivity index (χ0n) is 17.6. The van der Waals surface area contributed by atoms with E-state index < -0.39 is 5.91 Å². The van der Waals surface area contributed by atoms with Crippen molar-refractivity contribution in [3.05, 3.63) is 53.5 Å². The maximum absolute atomic E-state index is 12.6. The molecule has 0 saturated carbocycles. The van der Waals surface area contributed by atoms with Gasteiger partial charge in [0.05, 0.1) is 17.1 Å². The zero-order valence-corrected chi connectivity index (χ0v) is 17.6. The van der Waals surface area contributed by atoms with Gasteiger partial charge in [-0.25, -0.2) is 15.1 Å². The van der Waals surface area contributed by atoms with E-state index in [-0.39, 0.29) is 17.3 Å². The molecule has 2 amide bonds. The van der Waals surface area contributed by atoms with Crippen LogP contribution in [0.5, 0.6) is 11.5 Å². The standard InChI is InChI=1S/C21H22N6O4/c1-12-7-15-17(30-12)8-13(20(28)26-19(22)11-25-23-2)9-18(15)31-14-5-6-16(24-10-14)21(29)27(3)4/h5-11,23H,1-4H3,(H2,22,26,28)/p+1/b25-11-. The average molecular weight is 423 g/mol. The Morgan fingerprint density at radius 1 is 1.26 bits per heavy atom. The Hall–Kier alpha value is -4.21. The smallest absolute Gasteiger partial charge is 0.339 e. The van der Waals surface area contributed by atoms with Crippen molar-refractivity contribution in [2.24, 2.45) is 5.10 Å². The summed E-state index contributed by atoms with van der Waals surface area (Å²) in [5, 5.41) is 12.7. The van der Waals surface area contributed by atoms with Crippen molar-refractivity contribution >= 4 is 34.8 Å². The second-order valence-electron chi connectivity index (χ2n) is 6.82. The highest BCUT2D eigenvalue weighted by molar-refractivity contribution is 6.31. The number of carbonyl (C=O) groups is 2. The lowest BCUT2D eigenvalue weighted by atomic mass is 10.1. The monoisotopic (exact) mass is 423 g/mol. The van der Waals surface area contributed by atoms with Crippen molar-refractivity contribution in [3.8, 4) is 11.5 Å². The number of hydrogen-bond acceptors (Lipinski definition) is 7. The van der Waals surface area contributed by atoms with Gasteiger partial charge in [0.2, 0.25) is 0 Å². The molecule has 160 valence electrons. The number of hydrazone groups is 1. The number of fused-ring (bicyclic) bond motifs is 1. The molecular weight excluding hydrogens is 400 g/mol. The first-order valence-electron chi connectivity index (χ1n) is 9.32. The molecule has 0 aliphatic carbocycles. The quantitative estimate of drug-likeness (QED) is 0.304. The van der Waals surface area contributed by atoms with Crippen molar-refractivity contribution in [3.63, 3.8) is 0 Å². The lowest BCUT2D eigenvalue weighted by Gasteiger charge is -2.11. The van der Waals surface area contributed by atoms with E-state index in [0.717, 1.165) is 0 Å². The topological polar surface area (TPSA) is 135 Å². The number of rotatable bonds is 6. The third kappa shape index (κ3) is 5.04. The number of carbonyl (C=O) groups excluding carboxylic acids is 2. The molecule has 2 heterocycles. The highest BCUT2D eigenvalue weighted by atomic mass is 16.5. The number of benzene rings is 1. The molecule has 4 N–H and O–H groups in total. The van der Waals surface area contributed by atoms with Gasteiger partial charge < -0.3 is 19.5 Å². The highest BCUT2D eigenvalue weighted by Gasteiger charge is 2.19. The molecule has 0 radical (unpaired) electrons. The van der Waals surface area contributed by atoms with Crippen LogP contribution in [0, 0.1) is 6.92 Å². The molecule has 10 nitrogen and oxygen atoms in total. The van der Waals surface area contributed by atoms with E-state index in [0.29, 0.717) is 33.9 Å². The summed E-state index contributed by atoms with van der Waals surface area (Å²) in [6.45, 7) is 1.80. The molecule has 0 unspecified atom stereocenters. The summed E-state index contributed by atoms with van der Waals surface area (Å²) >= 11 is 0. The molecule has 31 heavy (non-hydrogen) atoms. The maximum Gasteiger partial charge on any atom is 0.339 e. The molecule has 3 rings (SSSR count). The van der Waals surface area contributed by atoms with E-state index in [1.165, 1.54) is 17.3 Å². The number of ether oxygens (including phenoxy) is 1. The number of furan rings is 1. The fourth-order valence-electron chi connectivity index (χ4n) is 2.74. The number of nitrogens with two attached hydrogens (primary N) is 1. The van der Waals surface area contributed by atoms with Crippen molar-refractivity contribution in [1.29, 1.82) is 0 Å². The van der Waals surface area contributed by atoms with Crippen LogP contribution in [0.2, 0.25) is 0 Å². The van der Waals surface area contributed by atoms with Crippen LogP contribution in [0.25, 0.3) is 11.0 Å². The van der Waals surface area contributed by atoms with Gasteiger partial charge in [-0.1, -0.05) is 0 Å². The van der Waals surface area contributed by atoms with Crippen molar-refractivity contribution in [2.45, 2.75) is 6.92 Å². The number of aromatic nitrogens is 1. The summed E-state index contributed by atoms with van der Waals surface area (Å²) in [6, 6.07) is 8.19. The molecule has 0 saturated heterocycles. The molecule has 2 aromatic heterocycles. The SMILES string of the molecule is CN/N=C\C(=[NH2+])NC(=O)c1cc(Oc2ccc(C(=O)N(C)C)nc2)c2cc(C)oc2c1. The summed E-state index contributed by atoms with van der Waals surface area (Å²) < 4.78 is 11.6. The normalized spacial score (nSPS) is 10.8. The second kappa shape index (κ2) is 9.08. The van der Waals surface area contributed by atoms with E-state index in [1.807, 2.05) is 6.07 Å². The minimum Gasteiger partial charge on any atom is -0.461 e. The molecule has 0 aliphatic heterocycles. The van der Waals surface area contributed by atoms with Crippen LogP contribution in [-0.2, 0) is 0 Å². The van der Waals surface area contributed by atoms with Crippen LogP contribution in [0.15, 0.2) is 46.0 Å². The number of pyridine rings is 1. The third-order valence-electron chi connectivity index (χ3n) is 4.16. The summed E-state index contributed by atoms with van der Waals surface area (Å²) in [6.07, 6.45) is 2.73. The second-order valence-corrected chi connectivity index (χ2v) is 6.82. The van der Waals surface area contributed by atoms with Gasteiger partial charge in [0.25, 0.3) is 11.7 Å². The van der Waals surface area contributed by atoms with Crippen LogP contribution in [0.4, 0.5) is 0 Å². The Labute approximate surface area is 178 Å². The van der Waals surface area contributed by atoms with Gasteiger partial charge >= 0.3 is 5.91 Å². The molecule has 1 aromatic carbocycles. The van der Waals surface area contributed by atoms with Crippen molar-refractivity contribution in [2.75, 3.05) is 21.1 Å². The molecule has 3 aromatic rings. The Kier molecular flexibility index (Phi) is 6.29. The number of nitrogens with one attached hydrogen (secondary N) is 2. The first kappa shape index (κ1) is 21.5. The van der Waals surface area contributed by atoms with E-state index >= 15 is 0 Å². The van der Waals surface area contributed by atoms with E-state index in [9.17, 15) is 9.59 Å². The van der Waals surface area contributed by atoms with Crippen LogP contribution >= 0.6 is 0 Å². The van der Waals surface area contributed by atoms with Gasteiger partial charge in [-0.3, -0.25) is 10.2 Å². The van der Waals surface area contributed by atoms with E-state index in [4.69, 9.17) is 14.6 Å². The number of hydrogen-bond donors (Lipinski definition) is 3. The van der Waals surface area contributed by atoms with Crippen LogP contribution in [0.3, 0.4) is 0 Å². The Bertz CT molecular complexity index is 1160. The van der Waals surface area contributed by atoms with Crippen molar-refractivity contribution < 1.29 is 24.2 Å². The first-order chi connectivity index (χ1) is 14.8. The lowest BCUT2D eigenvalue weighted by Crippen LogP contribution is -2.52. The fourth-order valence-corrected chi connectivity index (χ4v) is 2.74. The lowest BCUT2D eigenvalue weighted by molar-refractivity contribution is -0.113. The van der Waals surface area contributed by atoms with Gasteiger partial charge in [0, 0.05) is 21.1 Å². The number of amides is 2. The van der Waals surface area contributed by atoms with E-state index in [2.05, 4.69) is 20.8 Å². The van der Waals surface area contributed by atoms with Gasteiger partial charge in [0.15, 0.2) is 0 Å². The predicted octanol–water partition coefficient (Wildman–Crippen LogP) is 0.723. The molecule has 0 fully saturated rings. The average Bonchev–Trinajstić information content (AvgIpc) is 3.12. The summed E-state index contributed by atoms with van der Waals surface area (Å²) in [7, 11) is 4.91. The summed E-state index contributed by atoms with van der Waals surface area (Å²) in [5.41, 5.74) is 3.60. The minimum absolute atomic E-state index is 0.0721. The van der Waals surface area contributed by atoms with E-state index in [1.54, 1.807) is 52.3 Å². The van der Waals surface area contributed by atoms with Gasteiger partial charge in [0.1, 0.15) is 34.8 Å². The van der Waals surface area contributed by atoms with Gasteiger partial charge in [-0.15, -0.1) is 0 Å². The maximum atomic E-state index is 12.6. The molecule has 0 spiro atoms. The van der Waals surface area contributed by atoms with Gasteiger partial charge in [-0.2, -0.15) is 5.10 Å². The molecule has 0 bridgehead atoms. The molecule has 0 atom stereocenters. The predicted molar refractivity (Wildman–Crippen MR) is 115 cm³/mol. The Morgan fingerprint density at radius 3 is 2.68 bits per heavy atom. The Balaban J connectivity index is 1.90. The van der Waals surface area contributed by atoms with Gasteiger partial charge in [-0.05, 0) is 37.3 Å². The number of amidine groups is 1. The molecule has 10 heteroatoms. The van der Waals surface area contributed by atoms with Crippen LogP contribution < -0.4 is 20.9 Å². The fraction of sp³-hybridized carbons (Fsp3) is 0.190. The zero-order chi connectivity index (χ0) is 22.5. The van der Waals surface area contributed by atoms with Crippen LogP contribution in [-0.4, -0.2) is 54.9 Å². The summed E-state index contributed by atoms with van der Waals surface area (Å²) in [5.74, 6) is 0.868. The third-order valence-corrected chi connectivity index (χ3v) is 4.16. The minimum atomic E-state index is -0.453. The molecular formula is C21H23N6O4+. The summed E-state index contributed by atoms with van der Waals surface area (Å²) in [4.78, 5) is 30.2. The number of nitrogens with zero attached hydrogens (tertiary/aromatic N) is 3. The molecule has 0 aliphatic rings. The van der Waals surface area contributed by atoms with Crippen LogP contribution in [0.1, 0.15) is 26.6 Å². The highest BCUT2D eigenvalue weighted by Crippen LogP contribution is 2.33. The number of aryl methyl sites for hydroxylation is 1.